The van der Waals surface area contributed by atoms with Crippen molar-refractivity contribution in [3.05, 3.63) is 17.9 Å². The number of ether oxygens (including phenoxy) is 1. The summed E-state index contributed by atoms with van der Waals surface area (Å²) in [6, 6.07) is 3.13. The molecule has 1 fully saturated rings. The maximum absolute atomic E-state index is 13.8. The van der Waals surface area contributed by atoms with Crippen molar-refractivity contribution in [2.75, 3.05) is 30.3 Å². The van der Waals surface area contributed by atoms with Gasteiger partial charge in [0, 0.05) is 25.2 Å². The Labute approximate surface area is 120 Å². The van der Waals surface area contributed by atoms with Crippen molar-refractivity contribution in [2.45, 2.75) is 39.5 Å². The second kappa shape index (κ2) is 6.82. The lowest BCUT2D eigenvalue weighted by Crippen LogP contribution is -2.25. The van der Waals surface area contributed by atoms with Crippen molar-refractivity contribution in [1.82, 2.24) is 0 Å². The first-order valence-electron chi connectivity index (χ1n) is 7.62. The van der Waals surface area contributed by atoms with Gasteiger partial charge in [-0.05, 0) is 32.1 Å². The van der Waals surface area contributed by atoms with Crippen molar-refractivity contribution in [1.29, 1.82) is 0 Å². The smallest absolute Gasteiger partial charge is 0.167 e. The van der Waals surface area contributed by atoms with Crippen LogP contribution < -0.4 is 15.4 Å². The van der Waals surface area contributed by atoms with Crippen molar-refractivity contribution in [3.63, 3.8) is 0 Å². The molecule has 0 aliphatic carbocycles. The molecular formula is C16H25FN2O. The van der Waals surface area contributed by atoms with Gasteiger partial charge in [0.15, 0.2) is 11.6 Å². The maximum atomic E-state index is 13.8. The maximum Gasteiger partial charge on any atom is 0.167 e. The molecule has 0 aromatic heterocycles. The molecule has 1 aromatic rings. The minimum absolute atomic E-state index is 0.299. The predicted octanol–water partition coefficient (Wildman–Crippen LogP) is 3.82. The van der Waals surface area contributed by atoms with Crippen molar-refractivity contribution in [2.24, 2.45) is 5.92 Å². The Morgan fingerprint density at radius 1 is 1.30 bits per heavy atom. The van der Waals surface area contributed by atoms with Crippen LogP contribution in [0.4, 0.5) is 15.8 Å². The largest absolute Gasteiger partial charge is 0.491 e. The van der Waals surface area contributed by atoms with Gasteiger partial charge in [0.2, 0.25) is 0 Å². The third-order valence-corrected chi connectivity index (χ3v) is 4.15. The minimum atomic E-state index is -0.380. The van der Waals surface area contributed by atoms with Gasteiger partial charge in [-0.2, -0.15) is 0 Å². The number of halogens is 1. The molecule has 1 heterocycles. The molecule has 2 N–H and O–H groups in total. The van der Waals surface area contributed by atoms with Gasteiger partial charge >= 0.3 is 0 Å². The van der Waals surface area contributed by atoms with Gasteiger partial charge in [0.1, 0.15) is 0 Å². The number of nitrogens with two attached hydrogens (primary N) is 1. The van der Waals surface area contributed by atoms with Gasteiger partial charge in [0.25, 0.3) is 0 Å². The zero-order chi connectivity index (χ0) is 14.5. The molecule has 0 saturated carbocycles. The second-order valence-electron chi connectivity index (χ2n) is 5.47. The molecule has 2 rings (SSSR count). The SMILES string of the molecule is CCOc1cc(N2CCCC(CC)CC2)c(N)cc1F. The second-order valence-corrected chi connectivity index (χ2v) is 5.47. The standard InChI is InChI=1S/C16H25FN2O/c1-3-12-6-5-8-19(9-7-12)15-11-16(20-4-2)13(17)10-14(15)18/h10-12H,3-9,18H2,1-2H3. The monoisotopic (exact) mass is 280 g/mol. The molecule has 1 aliphatic heterocycles. The number of anilines is 2. The van der Waals surface area contributed by atoms with E-state index >= 15 is 0 Å². The number of hydrogen-bond donors (Lipinski definition) is 1. The highest BCUT2D eigenvalue weighted by Crippen LogP contribution is 2.33. The summed E-state index contributed by atoms with van der Waals surface area (Å²) < 4.78 is 19.1. The molecule has 112 valence electrons. The fourth-order valence-corrected chi connectivity index (χ4v) is 2.91. The van der Waals surface area contributed by atoms with Crippen LogP contribution >= 0.6 is 0 Å². The Hall–Kier alpha value is -1.45. The molecule has 0 radical (unpaired) electrons. The fourth-order valence-electron chi connectivity index (χ4n) is 2.91. The topological polar surface area (TPSA) is 38.5 Å². The van der Waals surface area contributed by atoms with Crippen LogP contribution in [-0.4, -0.2) is 19.7 Å². The van der Waals surface area contributed by atoms with Gasteiger partial charge in [-0.3, -0.25) is 0 Å². The van der Waals surface area contributed by atoms with Gasteiger partial charge in [-0.1, -0.05) is 13.3 Å². The Morgan fingerprint density at radius 3 is 2.80 bits per heavy atom. The van der Waals surface area contributed by atoms with E-state index in [1.165, 1.54) is 31.7 Å². The molecule has 0 spiro atoms. The van der Waals surface area contributed by atoms with E-state index in [0.717, 1.165) is 24.7 Å². The third kappa shape index (κ3) is 3.35. The summed E-state index contributed by atoms with van der Waals surface area (Å²) in [7, 11) is 0. The Balaban J connectivity index is 2.20. The lowest BCUT2D eigenvalue weighted by Gasteiger charge is -2.25. The summed E-state index contributed by atoms with van der Waals surface area (Å²) in [4.78, 5) is 2.27. The first-order valence-corrected chi connectivity index (χ1v) is 7.62. The van der Waals surface area contributed by atoms with Crippen molar-refractivity contribution >= 4 is 11.4 Å². The van der Waals surface area contributed by atoms with E-state index in [0.29, 0.717) is 18.0 Å². The van der Waals surface area contributed by atoms with Crippen molar-refractivity contribution in [3.8, 4) is 5.75 Å². The minimum Gasteiger partial charge on any atom is -0.491 e. The first kappa shape index (κ1) is 14.9. The summed E-state index contributed by atoms with van der Waals surface area (Å²) in [5.74, 6) is 0.718. The van der Waals surface area contributed by atoms with Crippen LogP contribution in [-0.2, 0) is 0 Å². The molecule has 3 nitrogen and oxygen atoms in total. The number of hydrogen-bond acceptors (Lipinski definition) is 3. The quantitative estimate of drug-likeness (QED) is 0.852. The summed E-state index contributed by atoms with van der Waals surface area (Å²) in [6.45, 7) is 6.53. The van der Waals surface area contributed by atoms with Gasteiger partial charge in [0.05, 0.1) is 18.0 Å². The van der Waals surface area contributed by atoms with Crippen LogP contribution in [0.2, 0.25) is 0 Å². The zero-order valence-corrected chi connectivity index (χ0v) is 12.5. The normalized spacial score (nSPS) is 19.8. The number of nitrogens with zero attached hydrogens (tertiary/aromatic N) is 1. The first-order chi connectivity index (χ1) is 9.65. The molecule has 20 heavy (non-hydrogen) atoms. The molecule has 1 aliphatic rings. The average Bonchev–Trinajstić information content (AvgIpc) is 2.67. The molecular weight excluding hydrogens is 255 g/mol. The molecule has 4 heteroatoms. The van der Waals surface area contributed by atoms with E-state index in [1.807, 2.05) is 6.92 Å². The molecule has 0 amide bonds. The Morgan fingerprint density at radius 2 is 2.10 bits per heavy atom. The molecule has 1 atom stereocenters. The lowest BCUT2D eigenvalue weighted by atomic mass is 9.98. The Bertz CT molecular complexity index is 450. The highest BCUT2D eigenvalue weighted by molar-refractivity contribution is 5.70. The van der Waals surface area contributed by atoms with E-state index in [-0.39, 0.29) is 5.82 Å². The van der Waals surface area contributed by atoms with Gasteiger partial charge in [-0.15, -0.1) is 0 Å². The number of benzene rings is 1. The molecule has 1 saturated heterocycles. The zero-order valence-electron chi connectivity index (χ0n) is 12.5. The highest BCUT2D eigenvalue weighted by atomic mass is 19.1. The van der Waals surface area contributed by atoms with Gasteiger partial charge < -0.3 is 15.4 Å². The molecule has 1 aromatic carbocycles. The summed E-state index contributed by atoms with van der Waals surface area (Å²) in [6.07, 6.45) is 4.85. The summed E-state index contributed by atoms with van der Waals surface area (Å²) in [5.41, 5.74) is 7.41. The molecule has 1 unspecified atom stereocenters. The van der Waals surface area contributed by atoms with Crippen LogP contribution in [0, 0.1) is 11.7 Å². The Kier molecular flexibility index (Phi) is 5.10. The van der Waals surface area contributed by atoms with E-state index < -0.39 is 0 Å². The van der Waals surface area contributed by atoms with Crippen LogP contribution in [0.25, 0.3) is 0 Å². The van der Waals surface area contributed by atoms with E-state index in [9.17, 15) is 4.39 Å². The summed E-state index contributed by atoms with van der Waals surface area (Å²) >= 11 is 0. The summed E-state index contributed by atoms with van der Waals surface area (Å²) in [5, 5.41) is 0. The third-order valence-electron chi connectivity index (χ3n) is 4.15. The number of rotatable bonds is 4. The highest BCUT2D eigenvalue weighted by Gasteiger charge is 2.19. The fraction of sp³-hybridized carbons (Fsp3) is 0.625. The van der Waals surface area contributed by atoms with E-state index in [1.54, 1.807) is 6.07 Å². The van der Waals surface area contributed by atoms with Crippen LogP contribution in [0.3, 0.4) is 0 Å². The molecule has 0 bridgehead atoms. The predicted molar refractivity (Wildman–Crippen MR) is 81.8 cm³/mol. The number of nitrogen functional groups attached to an aromatic ring is 1. The lowest BCUT2D eigenvalue weighted by molar-refractivity contribution is 0.321. The van der Waals surface area contributed by atoms with Crippen LogP contribution in [0.1, 0.15) is 39.5 Å². The van der Waals surface area contributed by atoms with Gasteiger partial charge in [-0.25, -0.2) is 4.39 Å². The van der Waals surface area contributed by atoms with Crippen LogP contribution in [0.15, 0.2) is 12.1 Å². The van der Waals surface area contributed by atoms with E-state index in [2.05, 4.69) is 11.8 Å². The van der Waals surface area contributed by atoms with E-state index in [4.69, 9.17) is 10.5 Å². The average molecular weight is 280 g/mol. The van der Waals surface area contributed by atoms with Crippen molar-refractivity contribution < 1.29 is 9.13 Å². The van der Waals surface area contributed by atoms with Crippen LogP contribution in [0.5, 0.6) is 5.75 Å².